The maximum absolute atomic E-state index is 12.4. The summed E-state index contributed by atoms with van der Waals surface area (Å²) >= 11 is 0.248. The van der Waals surface area contributed by atoms with E-state index in [4.69, 9.17) is 0 Å². The highest BCUT2D eigenvalue weighted by molar-refractivity contribution is 8.13. The van der Waals surface area contributed by atoms with E-state index in [1.54, 1.807) is 54.6 Å². The highest BCUT2D eigenvalue weighted by Gasteiger charge is 2.30. The van der Waals surface area contributed by atoms with Crippen molar-refractivity contribution in [3.63, 3.8) is 0 Å². The molecule has 0 amide bonds. The Morgan fingerprint density at radius 3 is 2.25 bits per heavy atom. The molecule has 0 aliphatic heterocycles. The second kappa shape index (κ2) is 7.66. The minimum atomic E-state index is -4.38. The van der Waals surface area contributed by atoms with Crippen molar-refractivity contribution in [1.82, 2.24) is 0 Å². The normalized spacial score (nSPS) is 12.7. The fourth-order valence-electron chi connectivity index (χ4n) is 2.12. The highest BCUT2D eigenvalue weighted by Crippen LogP contribution is 2.28. The van der Waals surface area contributed by atoms with Gasteiger partial charge in [-0.2, -0.15) is 13.2 Å². The topological polar surface area (TPSA) is 34.1 Å². The van der Waals surface area contributed by atoms with E-state index < -0.39 is 23.0 Å². The third kappa shape index (κ3) is 4.96. The number of hydrogen-bond donors (Lipinski definition) is 0. The number of halogens is 3. The first-order valence-electron chi connectivity index (χ1n) is 7.21. The van der Waals surface area contributed by atoms with Crippen LogP contribution in [0.25, 0.3) is 0 Å². The van der Waals surface area contributed by atoms with E-state index in [2.05, 4.69) is 0 Å². The molecule has 0 saturated heterocycles. The van der Waals surface area contributed by atoms with Gasteiger partial charge in [0.2, 0.25) is 0 Å². The van der Waals surface area contributed by atoms with Crippen molar-refractivity contribution >= 4 is 22.7 Å². The van der Waals surface area contributed by atoms with Crippen molar-refractivity contribution in [3.8, 4) is 0 Å². The van der Waals surface area contributed by atoms with Gasteiger partial charge in [0, 0.05) is 11.1 Å². The molecule has 0 aromatic heterocycles. The van der Waals surface area contributed by atoms with Crippen LogP contribution in [0.3, 0.4) is 0 Å². The van der Waals surface area contributed by atoms with E-state index in [0.717, 1.165) is 0 Å². The summed E-state index contributed by atoms with van der Waals surface area (Å²) in [7, 11) is 0. The molecule has 0 heterocycles. The molecule has 0 bridgehead atoms. The smallest absolute Gasteiger partial charge is 0.289 e. The first kappa shape index (κ1) is 18.3. The Bertz CT molecular complexity index is 727. The van der Waals surface area contributed by atoms with Crippen LogP contribution in [0.2, 0.25) is 0 Å². The number of ketones is 1. The number of alkyl halides is 3. The van der Waals surface area contributed by atoms with Gasteiger partial charge in [0.05, 0.1) is 11.7 Å². The van der Waals surface area contributed by atoms with Gasteiger partial charge >= 0.3 is 6.18 Å². The first-order chi connectivity index (χ1) is 11.3. The van der Waals surface area contributed by atoms with Gasteiger partial charge in [0.25, 0.3) is 0 Å². The summed E-state index contributed by atoms with van der Waals surface area (Å²) in [6.45, 7) is 1.54. The number of carbonyl (C=O) groups is 2. The lowest BCUT2D eigenvalue weighted by Crippen LogP contribution is -2.15. The Kier molecular flexibility index (Phi) is 5.83. The van der Waals surface area contributed by atoms with Gasteiger partial charge in [0.15, 0.2) is 10.9 Å². The van der Waals surface area contributed by atoms with Gasteiger partial charge in [-0.15, -0.1) is 0 Å². The molecule has 0 aliphatic rings. The Morgan fingerprint density at radius 2 is 1.62 bits per heavy atom. The fourth-order valence-corrected chi connectivity index (χ4v) is 2.81. The quantitative estimate of drug-likeness (QED) is 0.722. The summed E-state index contributed by atoms with van der Waals surface area (Å²) in [6.07, 6.45) is -4.38. The molecule has 0 spiro atoms. The summed E-state index contributed by atoms with van der Waals surface area (Å²) in [5.41, 5.74) is 1.44. The molecule has 2 aromatic carbocycles. The lowest BCUT2D eigenvalue weighted by atomic mass is 9.96. The zero-order chi connectivity index (χ0) is 17.7. The lowest BCUT2D eigenvalue weighted by molar-refractivity contribution is -0.114. The van der Waals surface area contributed by atoms with E-state index in [0.29, 0.717) is 16.7 Å². The minimum Gasteiger partial charge on any atom is -0.289 e. The molecular weight excluding hydrogens is 337 g/mol. The van der Waals surface area contributed by atoms with Crippen molar-refractivity contribution in [2.45, 2.75) is 19.0 Å². The van der Waals surface area contributed by atoms with Crippen LogP contribution < -0.4 is 0 Å². The lowest BCUT2D eigenvalue weighted by Gasteiger charge is -2.12. The molecule has 6 heteroatoms. The van der Waals surface area contributed by atoms with E-state index in [-0.39, 0.29) is 17.5 Å². The van der Waals surface area contributed by atoms with E-state index >= 15 is 0 Å². The van der Waals surface area contributed by atoms with E-state index in [9.17, 15) is 22.8 Å². The van der Waals surface area contributed by atoms with Crippen molar-refractivity contribution < 1.29 is 22.8 Å². The largest absolute Gasteiger partial charge is 0.398 e. The molecule has 0 radical (unpaired) electrons. The van der Waals surface area contributed by atoms with Gasteiger partial charge in [-0.05, 0) is 11.6 Å². The second-order valence-corrected chi connectivity index (χ2v) is 6.24. The van der Waals surface area contributed by atoms with Crippen LogP contribution in [0.4, 0.5) is 13.2 Å². The van der Waals surface area contributed by atoms with E-state index in [1.807, 2.05) is 0 Å². The second-order valence-electron chi connectivity index (χ2n) is 5.27. The molecule has 2 nitrogen and oxygen atoms in total. The van der Waals surface area contributed by atoms with Crippen LogP contribution >= 0.6 is 11.8 Å². The Hall–Kier alpha value is -2.08. The molecule has 0 N–H and O–H groups in total. The van der Waals surface area contributed by atoms with Gasteiger partial charge in [-0.3, -0.25) is 9.59 Å². The van der Waals surface area contributed by atoms with Crippen LogP contribution in [0.1, 0.15) is 34.3 Å². The number of benzene rings is 2. The SMILES string of the molecule is C[C@H](C(=O)SCC(F)(F)F)c1cccc(C(=O)c2ccccc2)c1. The Balaban J connectivity index is 2.15. The predicted octanol–water partition coefficient (Wildman–Crippen LogP) is 4.84. The monoisotopic (exact) mass is 352 g/mol. The number of hydrogen-bond acceptors (Lipinski definition) is 3. The molecule has 24 heavy (non-hydrogen) atoms. The van der Waals surface area contributed by atoms with Crippen molar-refractivity contribution in [1.29, 1.82) is 0 Å². The van der Waals surface area contributed by atoms with Gasteiger partial charge < -0.3 is 0 Å². The van der Waals surface area contributed by atoms with Crippen molar-refractivity contribution in [2.75, 3.05) is 5.75 Å². The van der Waals surface area contributed by atoms with Crippen LogP contribution in [0.5, 0.6) is 0 Å². The first-order valence-corrected chi connectivity index (χ1v) is 8.19. The molecule has 0 unspecified atom stereocenters. The summed E-state index contributed by atoms with van der Waals surface area (Å²) in [5, 5.41) is -0.573. The molecule has 2 aromatic rings. The van der Waals surface area contributed by atoms with Gasteiger partial charge in [0.1, 0.15) is 0 Å². The average Bonchev–Trinajstić information content (AvgIpc) is 2.58. The molecule has 0 fully saturated rings. The van der Waals surface area contributed by atoms with Crippen LogP contribution in [0, 0.1) is 0 Å². The molecule has 2 rings (SSSR count). The zero-order valence-corrected chi connectivity index (χ0v) is 13.7. The van der Waals surface area contributed by atoms with Gasteiger partial charge in [-0.25, -0.2) is 0 Å². The number of rotatable bonds is 5. The molecule has 126 valence electrons. The van der Waals surface area contributed by atoms with Crippen molar-refractivity contribution in [2.24, 2.45) is 0 Å². The highest BCUT2D eigenvalue weighted by atomic mass is 32.2. The maximum Gasteiger partial charge on any atom is 0.398 e. The standard InChI is InChI=1S/C18H15F3O2S/c1-12(17(23)24-11-18(19,20)21)14-8-5-9-15(10-14)16(22)13-6-3-2-4-7-13/h2-10,12H,11H2,1H3/t12-/m0/s1. The predicted molar refractivity (Wildman–Crippen MR) is 88.3 cm³/mol. The number of carbonyl (C=O) groups excluding carboxylic acids is 2. The Morgan fingerprint density at radius 1 is 1.00 bits per heavy atom. The van der Waals surface area contributed by atoms with Crippen LogP contribution in [0.15, 0.2) is 54.6 Å². The summed E-state index contributed by atoms with van der Waals surface area (Å²) in [4.78, 5) is 24.3. The van der Waals surface area contributed by atoms with Crippen LogP contribution in [-0.2, 0) is 4.79 Å². The number of thioether (sulfide) groups is 1. The molecule has 0 aliphatic carbocycles. The van der Waals surface area contributed by atoms with Crippen LogP contribution in [-0.4, -0.2) is 22.8 Å². The molecule has 0 saturated carbocycles. The summed E-state index contributed by atoms with van der Waals surface area (Å²) < 4.78 is 36.7. The summed E-state index contributed by atoms with van der Waals surface area (Å²) in [6, 6.07) is 15.1. The zero-order valence-electron chi connectivity index (χ0n) is 12.8. The average molecular weight is 352 g/mol. The third-order valence-corrected chi connectivity index (χ3v) is 4.53. The Labute approximate surface area is 142 Å². The fraction of sp³-hybridized carbons (Fsp3) is 0.222. The minimum absolute atomic E-state index is 0.194. The maximum atomic E-state index is 12.4. The van der Waals surface area contributed by atoms with Crippen molar-refractivity contribution in [3.05, 3.63) is 71.3 Å². The summed E-state index contributed by atoms with van der Waals surface area (Å²) in [5.74, 6) is -2.13. The van der Waals surface area contributed by atoms with Gasteiger partial charge in [-0.1, -0.05) is 67.2 Å². The van der Waals surface area contributed by atoms with E-state index in [1.165, 1.54) is 6.92 Å². The molecular formula is C18H15F3O2S. The molecule has 1 atom stereocenters. The third-order valence-electron chi connectivity index (χ3n) is 3.42.